The van der Waals surface area contributed by atoms with Crippen LogP contribution in [0.3, 0.4) is 0 Å². The van der Waals surface area contributed by atoms with Crippen LogP contribution in [-0.2, 0) is 0 Å². The Balaban J connectivity index is 1.69. The summed E-state index contributed by atoms with van der Waals surface area (Å²) in [6.07, 6.45) is 7.11. The van der Waals surface area contributed by atoms with Crippen LogP contribution in [0.5, 0.6) is 11.5 Å². The monoisotopic (exact) mass is 427 g/mol. The second kappa shape index (κ2) is 8.47. The fourth-order valence-corrected chi connectivity index (χ4v) is 5.09. The lowest BCUT2D eigenvalue weighted by atomic mass is 9.95. The van der Waals surface area contributed by atoms with E-state index < -0.39 is 0 Å². The molecule has 1 aromatic carbocycles. The summed E-state index contributed by atoms with van der Waals surface area (Å²) in [5, 5.41) is 2.88. The lowest BCUT2D eigenvalue weighted by Gasteiger charge is -2.23. The van der Waals surface area contributed by atoms with Gasteiger partial charge in [0.05, 0.1) is 26.1 Å². The van der Waals surface area contributed by atoms with Crippen molar-refractivity contribution in [3.05, 3.63) is 45.3 Å². The van der Waals surface area contributed by atoms with Gasteiger partial charge in [-0.05, 0) is 19.8 Å². The van der Waals surface area contributed by atoms with Gasteiger partial charge in [0.25, 0.3) is 11.5 Å². The molecule has 1 saturated carbocycles. The van der Waals surface area contributed by atoms with Crippen molar-refractivity contribution < 1.29 is 14.3 Å². The van der Waals surface area contributed by atoms with Crippen LogP contribution >= 0.6 is 11.3 Å². The number of benzene rings is 1. The predicted octanol–water partition coefficient (Wildman–Crippen LogP) is 4.54. The van der Waals surface area contributed by atoms with Gasteiger partial charge >= 0.3 is 0 Å². The molecule has 1 aliphatic rings. The maximum Gasteiger partial charge on any atom is 0.271 e. The molecule has 0 unspecified atom stereocenters. The summed E-state index contributed by atoms with van der Waals surface area (Å²) in [6, 6.07) is 5.37. The smallest absolute Gasteiger partial charge is 0.271 e. The van der Waals surface area contributed by atoms with Gasteiger partial charge in [0.1, 0.15) is 21.7 Å². The number of nitrogens with zero attached hydrogens (tertiary/aromatic N) is 2. The summed E-state index contributed by atoms with van der Waals surface area (Å²) in [5.74, 6) is 0.839. The van der Waals surface area contributed by atoms with Crippen molar-refractivity contribution in [3.8, 4) is 11.5 Å². The van der Waals surface area contributed by atoms with Crippen molar-refractivity contribution in [2.75, 3.05) is 19.5 Å². The molecule has 8 heteroatoms. The number of carbonyl (C=O) groups is 1. The number of carbonyl (C=O) groups excluding carboxylic acids is 1. The Morgan fingerprint density at radius 2 is 1.80 bits per heavy atom. The molecule has 30 heavy (non-hydrogen) atoms. The van der Waals surface area contributed by atoms with Crippen molar-refractivity contribution in [1.29, 1.82) is 0 Å². The molecule has 0 aliphatic heterocycles. The molecule has 2 aromatic heterocycles. The number of methoxy groups -OCH3 is 2. The van der Waals surface area contributed by atoms with Gasteiger partial charge in [-0.25, -0.2) is 4.98 Å². The molecular formula is C22H25N3O4S. The standard InChI is InChI=1S/C22H25N3O4S/c1-13-18(21(26)24-14-9-16(28-2)11-17(10-14)29-3)19-20(30-13)22(27)25(12-23-19)15-7-5-4-6-8-15/h9-12,15H,4-8H2,1-3H3,(H,24,26). The minimum absolute atomic E-state index is 0.0536. The van der Waals surface area contributed by atoms with E-state index in [9.17, 15) is 9.59 Å². The summed E-state index contributed by atoms with van der Waals surface area (Å²) in [5.41, 5.74) is 1.39. The number of aromatic nitrogens is 2. The molecule has 3 aromatic rings. The summed E-state index contributed by atoms with van der Waals surface area (Å²) in [7, 11) is 3.11. The minimum atomic E-state index is -0.309. The maximum atomic E-state index is 13.1. The number of anilines is 1. The second-order valence-electron chi connectivity index (χ2n) is 7.52. The predicted molar refractivity (Wildman–Crippen MR) is 118 cm³/mol. The minimum Gasteiger partial charge on any atom is -0.497 e. The number of nitrogens with one attached hydrogen (secondary N) is 1. The third-order valence-corrected chi connectivity index (χ3v) is 6.69. The van der Waals surface area contributed by atoms with Crippen LogP contribution in [-0.4, -0.2) is 29.7 Å². The van der Waals surface area contributed by atoms with Crippen molar-refractivity contribution in [3.63, 3.8) is 0 Å². The lowest BCUT2D eigenvalue weighted by Crippen LogP contribution is -2.26. The first-order chi connectivity index (χ1) is 14.5. The highest BCUT2D eigenvalue weighted by Crippen LogP contribution is 2.32. The van der Waals surface area contributed by atoms with Gasteiger partial charge in [0.2, 0.25) is 0 Å². The fraction of sp³-hybridized carbons (Fsp3) is 0.409. The molecule has 7 nitrogen and oxygen atoms in total. The third kappa shape index (κ3) is 3.79. The number of ether oxygens (including phenoxy) is 2. The average Bonchev–Trinajstić information content (AvgIpc) is 3.11. The maximum absolute atomic E-state index is 13.1. The number of hydrogen-bond acceptors (Lipinski definition) is 6. The summed E-state index contributed by atoms with van der Waals surface area (Å²) < 4.78 is 12.8. The first-order valence-electron chi connectivity index (χ1n) is 10.1. The molecule has 1 aliphatic carbocycles. The van der Waals surface area contributed by atoms with Gasteiger partial charge in [-0.15, -0.1) is 11.3 Å². The van der Waals surface area contributed by atoms with Gasteiger partial charge in [-0.1, -0.05) is 19.3 Å². The Morgan fingerprint density at radius 3 is 2.43 bits per heavy atom. The number of thiophene rings is 1. The molecular weight excluding hydrogens is 402 g/mol. The third-order valence-electron chi connectivity index (χ3n) is 5.60. The van der Waals surface area contributed by atoms with Crippen molar-refractivity contribution in [1.82, 2.24) is 9.55 Å². The highest BCUT2D eigenvalue weighted by Gasteiger charge is 2.23. The van der Waals surface area contributed by atoms with E-state index >= 15 is 0 Å². The molecule has 4 rings (SSSR count). The van der Waals surface area contributed by atoms with E-state index in [1.54, 1.807) is 43.3 Å². The van der Waals surface area contributed by atoms with E-state index in [1.807, 2.05) is 6.92 Å². The van der Waals surface area contributed by atoms with E-state index in [4.69, 9.17) is 9.47 Å². The van der Waals surface area contributed by atoms with Crippen molar-refractivity contribution in [2.45, 2.75) is 45.1 Å². The molecule has 158 valence electrons. The molecule has 1 fully saturated rings. The number of hydrogen-bond donors (Lipinski definition) is 1. The van der Waals surface area contributed by atoms with Crippen LogP contribution < -0.4 is 20.3 Å². The highest BCUT2D eigenvalue weighted by atomic mass is 32.1. The van der Waals surface area contributed by atoms with Gasteiger partial charge in [-0.2, -0.15) is 0 Å². The largest absolute Gasteiger partial charge is 0.497 e. The van der Waals surface area contributed by atoms with Crippen LogP contribution in [0.2, 0.25) is 0 Å². The fourth-order valence-electron chi connectivity index (χ4n) is 4.05. The number of rotatable bonds is 5. The lowest BCUT2D eigenvalue weighted by molar-refractivity contribution is 0.102. The summed E-state index contributed by atoms with van der Waals surface area (Å²) >= 11 is 1.33. The molecule has 2 heterocycles. The normalized spacial score (nSPS) is 14.6. The Bertz CT molecular complexity index is 1120. The summed E-state index contributed by atoms with van der Waals surface area (Å²) in [6.45, 7) is 1.85. The Hall–Kier alpha value is -2.87. The SMILES string of the molecule is COc1cc(NC(=O)c2c(C)sc3c(=O)n(C4CCCCC4)cnc23)cc(OC)c1. The first-order valence-corrected chi connectivity index (χ1v) is 10.9. The van der Waals surface area contributed by atoms with E-state index in [0.29, 0.717) is 33.0 Å². The Morgan fingerprint density at radius 1 is 1.13 bits per heavy atom. The van der Waals surface area contributed by atoms with Crippen LogP contribution in [0.1, 0.15) is 53.4 Å². The molecule has 0 atom stereocenters. The first kappa shape index (κ1) is 20.4. The van der Waals surface area contributed by atoms with Crippen LogP contribution in [0.15, 0.2) is 29.3 Å². The number of amides is 1. The molecule has 0 spiro atoms. The molecule has 0 radical (unpaired) electrons. The van der Waals surface area contributed by atoms with E-state index in [1.165, 1.54) is 17.8 Å². The molecule has 0 bridgehead atoms. The summed E-state index contributed by atoms with van der Waals surface area (Å²) in [4.78, 5) is 31.5. The Kier molecular flexibility index (Phi) is 5.76. The Labute approximate surface area is 178 Å². The molecule has 1 amide bonds. The van der Waals surface area contributed by atoms with Crippen molar-refractivity contribution in [2.24, 2.45) is 0 Å². The molecule has 1 N–H and O–H groups in total. The van der Waals surface area contributed by atoms with E-state index in [0.717, 1.165) is 30.6 Å². The van der Waals surface area contributed by atoms with Crippen LogP contribution in [0.25, 0.3) is 10.2 Å². The topological polar surface area (TPSA) is 82.5 Å². The quantitative estimate of drug-likeness (QED) is 0.646. The highest BCUT2D eigenvalue weighted by molar-refractivity contribution is 7.19. The number of aryl methyl sites for hydroxylation is 1. The van der Waals surface area contributed by atoms with Gasteiger partial charge < -0.3 is 14.8 Å². The van der Waals surface area contributed by atoms with Gasteiger partial charge in [0, 0.05) is 34.8 Å². The van der Waals surface area contributed by atoms with Gasteiger partial charge in [-0.3, -0.25) is 14.2 Å². The van der Waals surface area contributed by atoms with E-state index in [-0.39, 0.29) is 17.5 Å². The van der Waals surface area contributed by atoms with Crippen molar-refractivity contribution >= 4 is 33.1 Å². The zero-order chi connectivity index (χ0) is 21.3. The van der Waals surface area contributed by atoms with Gasteiger partial charge in [0.15, 0.2) is 0 Å². The van der Waals surface area contributed by atoms with Crippen LogP contribution in [0, 0.1) is 6.92 Å². The zero-order valence-electron chi connectivity index (χ0n) is 17.4. The second-order valence-corrected chi connectivity index (χ2v) is 8.74. The van der Waals surface area contributed by atoms with E-state index in [2.05, 4.69) is 10.3 Å². The van der Waals surface area contributed by atoms with Crippen LogP contribution in [0.4, 0.5) is 5.69 Å². The zero-order valence-corrected chi connectivity index (χ0v) is 18.2. The molecule has 0 saturated heterocycles. The average molecular weight is 428 g/mol. The number of fused-ring (bicyclic) bond motifs is 1.